The van der Waals surface area contributed by atoms with Gasteiger partial charge in [-0.25, -0.2) is 0 Å². The molecule has 0 aromatic carbocycles. The number of aryl methyl sites for hydroxylation is 2. The van der Waals surface area contributed by atoms with Gasteiger partial charge in [0, 0.05) is 37.8 Å². The Bertz CT molecular complexity index is 423. The highest BCUT2D eigenvalue weighted by Gasteiger charge is 2.29. The fourth-order valence-electron chi connectivity index (χ4n) is 2.20. The van der Waals surface area contributed by atoms with Crippen molar-refractivity contribution in [1.82, 2.24) is 15.1 Å². The lowest BCUT2D eigenvalue weighted by Crippen LogP contribution is -2.32. The van der Waals surface area contributed by atoms with Crippen LogP contribution in [0, 0.1) is 5.92 Å². The number of nitrogens with one attached hydrogen (secondary N) is 1. The van der Waals surface area contributed by atoms with Crippen molar-refractivity contribution in [3.05, 3.63) is 17.5 Å². The van der Waals surface area contributed by atoms with Gasteiger partial charge in [0.05, 0.1) is 5.69 Å². The Hall–Kier alpha value is -1.36. The molecule has 1 amide bonds. The Labute approximate surface area is 108 Å². The van der Waals surface area contributed by atoms with Crippen LogP contribution in [0.5, 0.6) is 0 Å². The number of amides is 1. The standard InChI is InChI=1S/C13H22N4O/c1-3-12-10(8-17(2)16-12)7-15-13(18)6-11(14)9-4-5-9/h8-9,11H,3-7,14H2,1-2H3,(H,15,18). The van der Waals surface area contributed by atoms with Crippen LogP contribution in [-0.2, 0) is 24.8 Å². The Balaban J connectivity index is 1.80. The van der Waals surface area contributed by atoms with Crippen molar-refractivity contribution in [2.45, 2.75) is 45.2 Å². The minimum atomic E-state index is 0.0320. The predicted octanol–water partition coefficient (Wildman–Crippen LogP) is 0.726. The molecule has 5 heteroatoms. The van der Waals surface area contributed by atoms with Crippen LogP contribution in [0.15, 0.2) is 6.20 Å². The first-order valence-corrected chi connectivity index (χ1v) is 6.63. The summed E-state index contributed by atoms with van der Waals surface area (Å²) in [4.78, 5) is 11.7. The topological polar surface area (TPSA) is 72.9 Å². The molecule has 0 radical (unpaired) electrons. The Morgan fingerprint density at radius 1 is 1.67 bits per heavy atom. The number of nitrogens with two attached hydrogens (primary N) is 1. The highest BCUT2D eigenvalue weighted by Crippen LogP contribution is 2.32. The molecule has 1 unspecified atom stereocenters. The van der Waals surface area contributed by atoms with E-state index in [-0.39, 0.29) is 11.9 Å². The van der Waals surface area contributed by atoms with Gasteiger partial charge in [0.15, 0.2) is 0 Å². The van der Waals surface area contributed by atoms with E-state index in [1.807, 2.05) is 13.2 Å². The lowest BCUT2D eigenvalue weighted by atomic mass is 10.1. The smallest absolute Gasteiger partial charge is 0.221 e. The van der Waals surface area contributed by atoms with Crippen LogP contribution in [0.4, 0.5) is 0 Å². The molecule has 0 spiro atoms. The molecule has 1 fully saturated rings. The number of rotatable bonds is 6. The van der Waals surface area contributed by atoms with Gasteiger partial charge in [0.25, 0.3) is 0 Å². The van der Waals surface area contributed by atoms with Crippen molar-refractivity contribution in [1.29, 1.82) is 0 Å². The second kappa shape index (κ2) is 5.52. The molecular formula is C13H22N4O. The van der Waals surface area contributed by atoms with Gasteiger partial charge in [-0.1, -0.05) is 6.92 Å². The molecule has 18 heavy (non-hydrogen) atoms. The maximum atomic E-state index is 11.7. The molecule has 1 aromatic rings. The van der Waals surface area contributed by atoms with Crippen LogP contribution in [0.1, 0.15) is 37.4 Å². The third-order valence-corrected chi connectivity index (χ3v) is 3.45. The summed E-state index contributed by atoms with van der Waals surface area (Å²) in [5, 5.41) is 7.28. The third kappa shape index (κ3) is 3.32. The van der Waals surface area contributed by atoms with Crippen LogP contribution in [0.25, 0.3) is 0 Å². The van der Waals surface area contributed by atoms with Gasteiger partial charge in [-0.15, -0.1) is 0 Å². The first-order valence-electron chi connectivity index (χ1n) is 6.63. The average Bonchev–Trinajstić information content (AvgIpc) is 3.11. The minimum absolute atomic E-state index is 0.0320. The second-order valence-corrected chi connectivity index (χ2v) is 5.11. The highest BCUT2D eigenvalue weighted by atomic mass is 16.1. The summed E-state index contributed by atoms with van der Waals surface area (Å²) in [5.41, 5.74) is 8.07. The van der Waals surface area contributed by atoms with E-state index in [0.717, 1.165) is 17.7 Å². The van der Waals surface area contributed by atoms with Gasteiger partial charge < -0.3 is 11.1 Å². The van der Waals surface area contributed by atoms with E-state index in [1.54, 1.807) is 4.68 Å². The molecule has 1 aliphatic rings. The SMILES string of the molecule is CCc1nn(C)cc1CNC(=O)CC(N)C1CC1. The molecule has 1 atom stereocenters. The molecule has 1 aromatic heterocycles. The number of carbonyl (C=O) groups excluding carboxylic acids is 1. The normalized spacial score (nSPS) is 16.6. The van der Waals surface area contributed by atoms with Crippen molar-refractivity contribution in [3.8, 4) is 0 Å². The van der Waals surface area contributed by atoms with Crippen molar-refractivity contribution in [2.75, 3.05) is 0 Å². The van der Waals surface area contributed by atoms with Crippen LogP contribution >= 0.6 is 0 Å². The summed E-state index contributed by atoms with van der Waals surface area (Å²) in [7, 11) is 1.90. The number of hydrogen-bond acceptors (Lipinski definition) is 3. The van der Waals surface area contributed by atoms with Gasteiger partial charge in [-0.3, -0.25) is 9.48 Å². The van der Waals surface area contributed by atoms with Crippen molar-refractivity contribution < 1.29 is 4.79 Å². The zero-order valence-electron chi connectivity index (χ0n) is 11.1. The number of aromatic nitrogens is 2. The molecule has 0 saturated heterocycles. The van der Waals surface area contributed by atoms with Crippen LogP contribution in [-0.4, -0.2) is 21.7 Å². The van der Waals surface area contributed by atoms with Crippen LogP contribution in [0.3, 0.4) is 0 Å². The Morgan fingerprint density at radius 3 is 3.00 bits per heavy atom. The summed E-state index contributed by atoms with van der Waals surface area (Å²) in [6, 6.07) is 0.0320. The van der Waals surface area contributed by atoms with Gasteiger partial charge in [-0.05, 0) is 25.2 Å². The van der Waals surface area contributed by atoms with Crippen LogP contribution in [0.2, 0.25) is 0 Å². The van der Waals surface area contributed by atoms with E-state index < -0.39 is 0 Å². The molecule has 2 rings (SSSR count). The van der Waals surface area contributed by atoms with Gasteiger partial charge in [0.2, 0.25) is 5.91 Å². The maximum absolute atomic E-state index is 11.7. The first kappa shape index (κ1) is 13.1. The summed E-state index contributed by atoms with van der Waals surface area (Å²) < 4.78 is 1.79. The first-order chi connectivity index (χ1) is 8.60. The number of hydrogen-bond donors (Lipinski definition) is 2. The summed E-state index contributed by atoms with van der Waals surface area (Å²) >= 11 is 0. The maximum Gasteiger partial charge on any atom is 0.221 e. The number of carbonyl (C=O) groups is 1. The minimum Gasteiger partial charge on any atom is -0.352 e. The van der Waals surface area contributed by atoms with E-state index in [2.05, 4.69) is 17.3 Å². The molecular weight excluding hydrogens is 228 g/mol. The summed E-state index contributed by atoms with van der Waals surface area (Å²) in [6.07, 6.45) is 5.63. The fourth-order valence-corrected chi connectivity index (χ4v) is 2.20. The summed E-state index contributed by atoms with van der Waals surface area (Å²) in [5.74, 6) is 0.612. The third-order valence-electron chi connectivity index (χ3n) is 3.45. The molecule has 0 aliphatic heterocycles. The largest absolute Gasteiger partial charge is 0.352 e. The molecule has 0 bridgehead atoms. The number of nitrogens with zero attached hydrogens (tertiary/aromatic N) is 2. The zero-order valence-corrected chi connectivity index (χ0v) is 11.1. The fraction of sp³-hybridized carbons (Fsp3) is 0.692. The van der Waals surface area contributed by atoms with Crippen molar-refractivity contribution in [3.63, 3.8) is 0 Å². The predicted molar refractivity (Wildman–Crippen MR) is 69.7 cm³/mol. The summed E-state index contributed by atoms with van der Waals surface area (Å²) in [6.45, 7) is 2.61. The van der Waals surface area contributed by atoms with E-state index in [0.29, 0.717) is 18.9 Å². The molecule has 100 valence electrons. The Morgan fingerprint density at radius 2 is 2.39 bits per heavy atom. The monoisotopic (exact) mass is 250 g/mol. The average molecular weight is 250 g/mol. The van der Waals surface area contributed by atoms with E-state index >= 15 is 0 Å². The van der Waals surface area contributed by atoms with Gasteiger partial charge in [-0.2, -0.15) is 5.10 Å². The molecule has 1 aliphatic carbocycles. The molecule has 1 saturated carbocycles. The highest BCUT2D eigenvalue weighted by molar-refractivity contribution is 5.76. The quantitative estimate of drug-likeness (QED) is 0.781. The van der Waals surface area contributed by atoms with Gasteiger partial charge >= 0.3 is 0 Å². The van der Waals surface area contributed by atoms with Crippen molar-refractivity contribution in [2.24, 2.45) is 18.7 Å². The van der Waals surface area contributed by atoms with E-state index in [9.17, 15) is 4.79 Å². The zero-order chi connectivity index (χ0) is 13.1. The van der Waals surface area contributed by atoms with Crippen molar-refractivity contribution >= 4 is 5.91 Å². The van der Waals surface area contributed by atoms with E-state index in [4.69, 9.17) is 5.73 Å². The molecule has 3 N–H and O–H groups in total. The Kier molecular flexibility index (Phi) is 4.01. The van der Waals surface area contributed by atoms with Gasteiger partial charge in [0.1, 0.15) is 0 Å². The lowest BCUT2D eigenvalue weighted by Gasteiger charge is -2.10. The molecule has 1 heterocycles. The second-order valence-electron chi connectivity index (χ2n) is 5.11. The van der Waals surface area contributed by atoms with E-state index in [1.165, 1.54) is 12.8 Å². The molecule has 5 nitrogen and oxygen atoms in total. The van der Waals surface area contributed by atoms with Crippen LogP contribution < -0.4 is 11.1 Å². The lowest BCUT2D eigenvalue weighted by molar-refractivity contribution is -0.121.